The van der Waals surface area contributed by atoms with Crippen LogP contribution in [-0.4, -0.2) is 50.5 Å². The SMILES string of the molecule is CCNC(=O)C(Cc1ccccc1)N(Cc1ccc(F)cc1)C(=O)CCCN(c1cccc(C)c1C)S(C)(=O)=O. The van der Waals surface area contributed by atoms with Crippen molar-refractivity contribution >= 4 is 27.5 Å². The van der Waals surface area contributed by atoms with Crippen molar-refractivity contribution in [1.29, 1.82) is 0 Å². The second kappa shape index (κ2) is 14.1. The molecule has 3 rings (SSSR count). The molecule has 2 amide bonds. The lowest BCUT2D eigenvalue weighted by atomic mass is 10.0. The summed E-state index contributed by atoms with van der Waals surface area (Å²) in [6, 6.07) is 20.0. The van der Waals surface area contributed by atoms with Gasteiger partial charge in [-0.25, -0.2) is 12.8 Å². The third kappa shape index (κ3) is 8.39. The Balaban J connectivity index is 1.87. The van der Waals surface area contributed by atoms with Gasteiger partial charge >= 0.3 is 0 Å². The molecule has 0 saturated carbocycles. The summed E-state index contributed by atoms with van der Waals surface area (Å²) in [5, 5.41) is 2.84. The molecule has 1 atom stereocenters. The molecule has 0 aromatic heterocycles. The molecule has 40 heavy (non-hydrogen) atoms. The van der Waals surface area contributed by atoms with E-state index in [4.69, 9.17) is 0 Å². The van der Waals surface area contributed by atoms with Gasteiger partial charge in [0, 0.05) is 32.5 Å². The number of likely N-dealkylation sites (N-methyl/N-ethyl adjacent to an activating group) is 1. The van der Waals surface area contributed by atoms with Crippen molar-refractivity contribution in [3.63, 3.8) is 0 Å². The highest BCUT2D eigenvalue weighted by atomic mass is 32.2. The van der Waals surface area contributed by atoms with Gasteiger partial charge in [-0.05, 0) is 67.6 Å². The summed E-state index contributed by atoms with van der Waals surface area (Å²) in [5.74, 6) is -0.959. The molecule has 0 bridgehead atoms. The Bertz CT molecular complexity index is 1400. The lowest BCUT2D eigenvalue weighted by molar-refractivity contribution is -0.141. The number of anilines is 1. The standard InChI is InChI=1S/C31H38FN3O4S/c1-5-33-31(37)29(21-25-12-7-6-8-13-25)34(22-26-16-18-27(32)19-17-26)30(36)15-10-20-35(40(4,38)39)28-14-9-11-23(2)24(28)3/h6-9,11-14,16-19,29H,5,10,15,20-22H2,1-4H3,(H,33,37). The predicted molar refractivity (Wildman–Crippen MR) is 157 cm³/mol. The van der Waals surface area contributed by atoms with Gasteiger partial charge in [-0.2, -0.15) is 0 Å². The van der Waals surface area contributed by atoms with Crippen molar-refractivity contribution in [2.75, 3.05) is 23.7 Å². The summed E-state index contributed by atoms with van der Waals surface area (Å²) in [5.41, 5.74) is 4.00. The van der Waals surface area contributed by atoms with E-state index in [0.717, 1.165) is 22.9 Å². The largest absolute Gasteiger partial charge is 0.355 e. The molecule has 0 radical (unpaired) electrons. The van der Waals surface area contributed by atoms with Crippen molar-refractivity contribution in [3.05, 3.63) is 101 Å². The molecule has 9 heteroatoms. The second-order valence-electron chi connectivity index (χ2n) is 9.91. The Morgan fingerprint density at radius 1 is 0.925 bits per heavy atom. The van der Waals surface area contributed by atoms with Gasteiger partial charge in [0.2, 0.25) is 21.8 Å². The number of carbonyl (C=O) groups excluding carboxylic acids is 2. The van der Waals surface area contributed by atoms with Crippen LogP contribution in [0.25, 0.3) is 0 Å². The van der Waals surface area contributed by atoms with Gasteiger partial charge in [0.05, 0.1) is 11.9 Å². The van der Waals surface area contributed by atoms with Crippen LogP contribution in [0, 0.1) is 19.7 Å². The first-order valence-corrected chi connectivity index (χ1v) is 15.3. The second-order valence-corrected chi connectivity index (χ2v) is 11.8. The summed E-state index contributed by atoms with van der Waals surface area (Å²) < 4.78 is 40.3. The number of hydrogen-bond donors (Lipinski definition) is 1. The van der Waals surface area contributed by atoms with E-state index in [1.165, 1.54) is 21.3 Å². The van der Waals surface area contributed by atoms with E-state index in [0.29, 0.717) is 24.2 Å². The Labute approximate surface area is 237 Å². The number of carbonyl (C=O) groups is 2. The minimum absolute atomic E-state index is 0.0305. The quantitative estimate of drug-likeness (QED) is 0.323. The lowest BCUT2D eigenvalue weighted by Gasteiger charge is -2.32. The van der Waals surface area contributed by atoms with E-state index in [1.54, 1.807) is 18.2 Å². The summed E-state index contributed by atoms with van der Waals surface area (Å²) >= 11 is 0. The molecule has 0 fully saturated rings. The predicted octanol–water partition coefficient (Wildman–Crippen LogP) is 4.76. The van der Waals surface area contributed by atoms with Gasteiger partial charge in [-0.15, -0.1) is 0 Å². The molecule has 3 aromatic carbocycles. The monoisotopic (exact) mass is 567 g/mol. The number of sulfonamides is 1. The zero-order valence-electron chi connectivity index (χ0n) is 23.6. The summed E-state index contributed by atoms with van der Waals surface area (Å²) in [6.07, 6.45) is 1.75. The molecular weight excluding hydrogens is 529 g/mol. The third-order valence-corrected chi connectivity index (χ3v) is 8.07. The molecule has 0 aliphatic carbocycles. The molecule has 3 aromatic rings. The first kappa shape index (κ1) is 30.8. The fraction of sp³-hybridized carbons (Fsp3) is 0.355. The minimum atomic E-state index is -3.60. The van der Waals surface area contributed by atoms with Crippen LogP contribution in [0.5, 0.6) is 0 Å². The fourth-order valence-corrected chi connectivity index (χ4v) is 5.64. The van der Waals surface area contributed by atoms with Gasteiger partial charge in [0.25, 0.3) is 0 Å². The van der Waals surface area contributed by atoms with Gasteiger partial charge in [-0.1, -0.05) is 54.6 Å². The van der Waals surface area contributed by atoms with E-state index in [2.05, 4.69) is 5.32 Å². The molecule has 0 aliphatic heterocycles. The smallest absolute Gasteiger partial charge is 0.243 e. The van der Waals surface area contributed by atoms with Gasteiger partial charge in [0.1, 0.15) is 11.9 Å². The van der Waals surface area contributed by atoms with Crippen LogP contribution in [0.15, 0.2) is 72.8 Å². The Morgan fingerprint density at radius 2 is 1.60 bits per heavy atom. The minimum Gasteiger partial charge on any atom is -0.355 e. The van der Waals surface area contributed by atoms with E-state index < -0.39 is 21.9 Å². The number of benzene rings is 3. The zero-order chi connectivity index (χ0) is 29.3. The maximum absolute atomic E-state index is 13.7. The maximum atomic E-state index is 13.7. The van der Waals surface area contributed by atoms with Crippen LogP contribution >= 0.6 is 0 Å². The Kier molecular flexibility index (Phi) is 10.8. The van der Waals surface area contributed by atoms with Gasteiger partial charge in [-0.3, -0.25) is 13.9 Å². The van der Waals surface area contributed by atoms with Crippen LogP contribution in [0.1, 0.15) is 42.0 Å². The number of hydrogen-bond acceptors (Lipinski definition) is 4. The molecule has 0 heterocycles. The zero-order valence-corrected chi connectivity index (χ0v) is 24.4. The first-order valence-electron chi connectivity index (χ1n) is 13.4. The molecule has 1 N–H and O–H groups in total. The summed E-state index contributed by atoms with van der Waals surface area (Å²) in [6.45, 7) is 6.24. The van der Waals surface area contributed by atoms with Crippen LogP contribution in [0.2, 0.25) is 0 Å². The fourth-order valence-electron chi connectivity index (χ4n) is 4.62. The summed E-state index contributed by atoms with van der Waals surface area (Å²) in [4.78, 5) is 28.5. The van der Waals surface area contributed by atoms with Crippen molar-refractivity contribution < 1.29 is 22.4 Å². The highest BCUT2D eigenvalue weighted by Crippen LogP contribution is 2.26. The number of halogens is 1. The van der Waals surface area contributed by atoms with E-state index in [-0.39, 0.29) is 37.7 Å². The Hall–Kier alpha value is -3.72. The average molecular weight is 568 g/mol. The Morgan fingerprint density at radius 3 is 2.23 bits per heavy atom. The molecular formula is C31H38FN3O4S. The molecule has 0 aliphatic rings. The topological polar surface area (TPSA) is 86.8 Å². The number of nitrogens with one attached hydrogen (secondary N) is 1. The van der Waals surface area contributed by atoms with E-state index in [1.807, 2.05) is 63.2 Å². The van der Waals surface area contributed by atoms with Crippen molar-refractivity contribution in [2.24, 2.45) is 0 Å². The lowest BCUT2D eigenvalue weighted by Crippen LogP contribution is -2.50. The number of amides is 2. The third-order valence-electron chi connectivity index (χ3n) is 6.89. The van der Waals surface area contributed by atoms with Gasteiger partial charge < -0.3 is 10.2 Å². The van der Waals surface area contributed by atoms with Gasteiger partial charge in [0.15, 0.2) is 0 Å². The average Bonchev–Trinajstić information content (AvgIpc) is 2.91. The maximum Gasteiger partial charge on any atom is 0.243 e. The number of rotatable bonds is 13. The van der Waals surface area contributed by atoms with Crippen LogP contribution in [0.3, 0.4) is 0 Å². The molecule has 1 unspecified atom stereocenters. The van der Waals surface area contributed by atoms with Crippen LogP contribution in [-0.2, 0) is 32.6 Å². The first-order chi connectivity index (χ1) is 19.0. The molecule has 0 saturated heterocycles. The summed E-state index contributed by atoms with van der Waals surface area (Å²) in [7, 11) is -3.60. The van der Waals surface area contributed by atoms with Crippen LogP contribution < -0.4 is 9.62 Å². The highest BCUT2D eigenvalue weighted by Gasteiger charge is 2.30. The number of nitrogens with zero attached hydrogens (tertiary/aromatic N) is 2. The number of aryl methyl sites for hydroxylation is 1. The van der Waals surface area contributed by atoms with E-state index >= 15 is 0 Å². The highest BCUT2D eigenvalue weighted by molar-refractivity contribution is 7.92. The van der Waals surface area contributed by atoms with E-state index in [9.17, 15) is 22.4 Å². The van der Waals surface area contributed by atoms with Crippen molar-refractivity contribution in [1.82, 2.24) is 10.2 Å². The molecule has 7 nitrogen and oxygen atoms in total. The molecule has 214 valence electrons. The van der Waals surface area contributed by atoms with Crippen molar-refractivity contribution in [3.8, 4) is 0 Å². The normalized spacial score (nSPS) is 12.0. The van der Waals surface area contributed by atoms with Crippen LogP contribution in [0.4, 0.5) is 10.1 Å². The van der Waals surface area contributed by atoms with Crippen molar-refractivity contribution in [2.45, 2.75) is 52.6 Å². The molecule has 0 spiro atoms.